The molecule has 1 saturated heterocycles. The van der Waals surface area contributed by atoms with Crippen LogP contribution in [0.2, 0.25) is 0 Å². The number of methoxy groups -OCH3 is 1. The van der Waals surface area contributed by atoms with Crippen LogP contribution in [0.3, 0.4) is 0 Å². The number of ether oxygens (including phenoxy) is 1. The minimum atomic E-state index is -0.0434. The molecule has 0 saturated carbocycles. The van der Waals surface area contributed by atoms with Crippen molar-refractivity contribution < 1.29 is 9.53 Å². The van der Waals surface area contributed by atoms with Crippen molar-refractivity contribution in [3.63, 3.8) is 0 Å². The van der Waals surface area contributed by atoms with Gasteiger partial charge in [-0.05, 0) is 19.3 Å². The molecule has 0 aromatic carbocycles. The van der Waals surface area contributed by atoms with Gasteiger partial charge in [-0.25, -0.2) is 0 Å². The first-order valence-electron chi connectivity index (χ1n) is 5.24. The van der Waals surface area contributed by atoms with Gasteiger partial charge >= 0.3 is 0 Å². The summed E-state index contributed by atoms with van der Waals surface area (Å²) in [5, 5.41) is 0. The van der Waals surface area contributed by atoms with Crippen LogP contribution in [-0.4, -0.2) is 42.1 Å². The molecule has 2 N–H and O–H groups in total. The SMILES string of the molecule is COCCC(=O)N1CCCCC1C(N)=S. The van der Waals surface area contributed by atoms with Crippen molar-refractivity contribution >= 4 is 23.1 Å². The Balaban J connectivity index is 2.55. The predicted octanol–water partition coefficient (Wildman–Crippen LogP) is 0.690. The van der Waals surface area contributed by atoms with Crippen LogP contribution in [0.5, 0.6) is 0 Å². The summed E-state index contributed by atoms with van der Waals surface area (Å²) in [5.41, 5.74) is 5.63. The highest BCUT2D eigenvalue weighted by molar-refractivity contribution is 7.80. The van der Waals surface area contributed by atoms with E-state index in [1.165, 1.54) is 0 Å². The summed E-state index contributed by atoms with van der Waals surface area (Å²) < 4.78 is 4.89. The standard InChI is InChI=1S/C10H18N2O2S/c1-14-7-5-9(13)12-6-3-2-4-8(12)10(11)15/h8H,2-7H2,1H3,(H2,11,15). The van der Waals surface area contributed by atoms with Crippen LogP contribution in [0, 0.1) is 0 Å². The third kappa shape index (κ3) is 3.43. The molecule has 0 radical (unpaired) electrons. The maximum Gasteiger partial charge on any atom is 0.225 e. The van der Waals surface area contributed by atoms with E-state index in [4.69, 9.17) is 22.7 Å². The van der Waals surface area contributed by atoms with Crippen molar-refractivity contribution in [2.75, 3.05) is 20.3 Å². The highest BCUT2D eigenvalue weighted by Crippen LogP contribution is 2.18. The molecule has 1 heterocycles. The molecule has 0 aromatic rings. The summed E-state index contributed by atoms with van der Waals surface area (Å²) >= 11 is 4.98. The molecule has 15 heavy (non-hydrogen) atoms. The number of hydrogen-bond acceptors (Lipinski definition) is 3. The molecule has 1 aliphatic rings. The average Bonchev–Trinajstić information content (AvgIpc) is 2.25. The molecule has 0 aromatic heterocycles. The van der Waals surface area contributed by atoms with Crippen LogP contribution in [0.25, 0.3) is 0 Å². The van der Waals surface area contributed by atoms with E-state index in [9.17, 15) is 4.79 Å². The summed E-state index contributed by atoms with van der Waals surface area (Å²) in [7, 11) is 1.59. The second-order valence-corrected chi connectivity index (χ2v) is 4.22. The number of carbonyl (C=O) groups excluding carboxylic acids is 1. The van der Waals surface area contributed by atoms with Gasteiger partial charge in [-0.1, -0.05) is 12.2 Å². The zero-order chi connectivity index (χ0) is 11.3. The minimum absolute atomic E-state index is 0.0434. The number of likely N-dealkylation sites (tertiary alicyclic amines) is 1. The van der Waals surface area contributed by atoms with Crippen molar-refractivity contribution in [3.05, 3.63) is 0 Å². The van der Waals surface area contributed by atoms with E-state index in [-0.39, 0.29) is 11.9 Å². The lowest BCUT2D eigenvalue weighted by Crippen LogP contribution is -2.50. The summed E-state index contributed by atoms with van der Waals surface area (Å²) in [4.78, 5) is 14.0. The number of piperidine rings is 1. The second-order valence-electron chi connectivity index (χ2n) is 3.74. The predicted molar refractivity (Wildman–Crippen MR) is 62.6 cm³/mol. The fourth-order valence-corrected chi connectivity index (χ4v) is 2.10. The minimum Gasteiger partial charge on any atom is -0.392 e. The summed E-state index contributed by atoms with van der Waals surface area (Å²) in [5.74, 6) is 0.0920. The van der Waals surface area contributed by atoms with Gasteiger partial charge in [0, 0.05) is 13.7 Å². The number of amides is 1. The Morgan fingerprint density at radius 2 is 2.33 bits per heavy atom. The molecule has 1 rings (SSSR count). The number of nitrogens with zero attached hydrogens (tertiary/aromatic N) is 1. The first-order chi connectivity index (χ1) is 7.16. The molecule has 0 aliphatic carbocycles. The first kappa shape index (κ1) is 12.4. The highest BCUT2D eigenvalue weighted by atomic mass is 32.1. The van der Waals surface area contributed by atoms with E-state index in [0.717, 1.165) is 25.8 Å². The molecule has 1 aliphatic heterocycles. The maximum absolute atomic E-state index is 11.8. The van der Waals surface area contributed by atoms with Crippen LogP contribution in [0.15, 0.2) is 0 Å². The lowest BCUT2D eigenvalue weighted by atomic mass is 10.0. The Bertz CT molecular complexity index is 246. The van der Waals surface area contributed by atoms with Gasteiger partial charge < -0.3 is 15.4 Å². The molecule has 1 atom stereocenters. The van der Waals surface area contributed by atoms with Crippen molar-refractivity contribution in [2.24, 2.45) is 5.73 Å². The molecule has 0 bridgehead atoms. The molecular formula is C10H18N2O2S. The topological polar surface area (TPSA) is 55.6 Å². The Kier molecular flexibility index (Phi) is 4.98. The van der Waals surface area contributed by atoms with Crippen LogP contribution in [-0.2, 0) is 9.53 Å². The second kappa shape index (κ2) is 6.02. The zero-order valence-electron chi connectivity index (χ0n) is 9.07. The summed E-state index contributed by atoms with van der Waals surface area (Å²) in [6.07, 6.45) is 3.44. The van der Waals surface area contributed by atoms with Crippen LogP contribution >= 0.6 is 12.2 Å². The number of rotatable bonds is 4. The maximum atomic E-state index is 11.8. The van der Waals surface area contributed by atoms with Crippen molar-refractivity contribution in [1.82, 2.24) is 4.90 Å². The van der Waals surface area contributed by atoms with E-state index >= 15 is 0 Å². The molecular weight excluding hydrogens is 212 g/mol. The van der Waals surface area contributed by atoms with Gasteiger partial charge in [-0.2, -0.15) is 0 Å². The van der Waals surface area contributed by atoms with Crippen molar-refractivity contribution in [1.29, 1.82) is 0 Å². The molecule has 1 amide bonds. The number of hydrogen-bond donors (Lipinski definition) is 1. The average molecular weight is 230 g/mol. The fourth-order valence-electron chi connectivity index (χ4n) is 1.86. The first-order valence-corrected chi connectivity index (χ1v) is 5.65. The van der Waals surface area contributed by atoms with E-state index in [1.54, 1.807) is 12.0 Å². The number of thiocarbonyl (C=S) groups is 1. The lowest BCUT2D eigenvalue weighted by molar-refractivity contribution is -0.134. The Labute approximate surface area is 95.8 Å². The fraction of sp³-hybridized carbons (Fsp3) is 0.800. The Morgan fingerprint density at radius 1 is 1.60 bits per heavy atom. The zero-order valence-corrected chi connectivity index (χ0v) is 9.89. The molecule has 0 spiro atoms. The quantitative estimate of drug-likeness (QED) is 0.722. The third-order valence-corrected chi connectivity index (χ3v) is 2.94. The van der Waals surface area contributed by atoms with Crippen LogP contribution < -0.4 is 5.73 Å². The Hall–Kier alpha value is -0.680. The highest BCUT2D eigenvalue weighted by Gasteiger charge is 2.27. The van der Waals surface area contributed by atoms with Crippen LogP contribution in [0.1, 0.15) is 25.7 Å². The molecule has 4 nitrogen and oxygen atoms in total. The van der Waals surface area contributed by atoms with E-state index in [0.29, 0.717) is 18.0 Å². The molecule has 86 valence electrons. The van der Waals surface area contributed by atoms with Gasteiger partial charge in [0.05, 0.1) is 24.1 Å². The lowest BCUT2D eigenvalue weighted by Gasteiger charge is -2.35. The van der Waals surface area contributed by atoms with Crippen molar-refractivity contribution in [2.45, 2.75) is 31.7 Å². The van der Waals surface area contributed by atoms with Gasteiger partial charge in [0.2, 0.25) is 5.91 Å². The Morgan fingerprint density at radius 3 is 2.93 bits per heavy atom. The molecule has 1 fully saturated rings. The van der Waals surface area contributed by atoms with Gasteiger partial charge in [0.1, 0.15) is 0 Å². The van der Waals surface area contributed by atoms with Crippen molar-refractivity contribution in [3.8, 4) is 0 Å². The number of nitrogens with two attached hydrogens (primary N) is 1. The van der Waals surface area contributed by atoms with E-state index in [1.807, 2.05) is 0 Å². The third-order valence-electron chi connectivity index (χ3n) is 2.67. The van der Waals surface area contributed by atoms with E-state index < -0.39 is 0 Å². The number of carbonyl (C=O) groups is 1. The van der Waals surface area contributed by atoms with Gasteiger partial charge in [-0.3, -0.25) is 4.79 Å². The van der Waals surface area contributed by atoms with E-state index in [2.05, 4.69) is 0 Å². The monoisotopic (exact) mass is 230 g/mol. The molecule has 1 unspecified atom stereocenters. The molecule has 5 heteroatoms. The van der Waals surface area contributed by atoms with Gasteiger partial charge in [0.25, 0.3) is 0 Å². The normalized spacial score (nSPS) is 21.4. The smallest absolute Gasteiger partial charge is 0.225 e. The van der Waals surface area contributed by atoms with Crippen LogP contribution in [0.4, 0.5) is 0 Å². The summed E-state index contributed by atoms with van der Waals surface area (Å²) in [6, 6.07) is -0.0434. The van der Waals surface area contributed by atoms with Gasteiger partial charge in [-0.15, -0.1) is 0 Å². The summed E-state index contributed by atoms with van der Waals surface area (Å²) in [6.45, 7) is 1.23. The van der Waals surface area contributed by atoms with Gasteiger partial charge in [0.15, 0.2) is 0 Å². The largest absolute Gasteiger partial charge is 0.392 e.